The van der Waals surface area contributed by atoms with Crippen LogP contribution in [0.2, 0.25) is 0 Å². The maximum absolute atomic E-state index is 10.7. The van der Waals surface area contributed by atoms with E-state index in [9.17, 15) is 20.3 Å². The molecule has 2 rings (SSSR count). The normalized spacial score (nSPS) is 22.0. The van der Waals surface area contributed by atoms with Crippen LogP contribution in [0.25, 0.3) is 0 Å². The Morgan fingerprint density at radius 3 is 2.78 bits per heavy atom. The van der Waals surface area contributed by atoms with E-state index in [4.69, 9.17) is 4.74 Å². The number of aliphatic hydroxyl groups excluding tert-OH is 2. The molecular weight excluding hydrogens is 240 g/mol. The van der Waals surface area contributed by atoms with Gasteiger partial charge in [0.1, 0.15) is 6.23 Å². The van der Waals surface area contributed by atoms with Crippen LogP contribution >= 0.6 is 0 Å². The van der Waals surface area contributed by atoms with Crippen LogP contribution in [0.1, 0.15) is 11.8 Å². The summed E-state index contributed by atoms with van der Waals surface area (Å²) >= 11 is 0. The number of benzene rings is 1. The molecule has 1 heterocycles. The van der Waals surface area contributed by atoms with Crippen molar-refractivity contribution in [2.75, 3.05) is 19.8 Å². The third-order valence-corrected chi connectivity index (χ3v) is 2.95. The molecule has 0 aromatic heterocycles. The minimum Gasteiger partial charge on any atom is -0.394 e. The smallest absolute Gasteiger partial charge is 0.269 e. The zero-order valence-corrected chi connectivity index (χ0v) is 9.57. The highest BCUT2D eigenvalue weighted by molar-refractivity contribution is 5.35. The molecule has 1 aliphatic heterocycles. The minimum atomic E-state index is -0.894. The van der Waals surface area contributed by atoms with Crippen LogP contribution in [0.5, 0.6) is 0 Å². The van der Waals surface area contributed by atoms with Gasteiger partial charge in [0, 0.05) is 17.7 Å². The van der Waals surface area contributed by atoms with E-state index in [1.54, 1.807) is 12.1 Å². The molecule has 1 atom stereocenters. The fourth-order valence-corrected chi connectivity index (χ4v) is 1.82. The Kier molecular flexibility index (Phi) is 3.58. The summed E-state index contributed by atoms with van der Waals surface area (Å²) in [5.41, 5.74) is -0.327. The number of aliphatic hydroxyl groups is 2. The van der Waals surface area contributed by atoms with E-state index >= 15 is 0 Å². The van der Waals surface area contributed by atoms with E-state index in [0.29, 0.717) is 5.56 Å². The highest BCUT2D eigenvalue weighted by Crippen LogP contribution is 2.28. The second-order valence-corrected chi connectivity index (χ2v) is 4.28. The summed E-state index contributed by atoms with van der Waals surface area (Å²) in [7, 11) is 0. The summed E-state index contributed by atoms with van der Waals surface area (Å²) in [5, 5.41) is 32.0. The Bertz CT molecular complexity index is 447. The van der Waals surface area contributed by atoms with Gasteiger partial charge in [-0.15, -0.1) is 0 Å². The molecule has 1 aromatic carbocycles. The van der Waals surface area contributed by atoms with Crippen molar-refractivity contribution in [1.82, 2.24) is 5.32 Å². The average molecular weight is 254 g/mol. The molecule has 0 bridgehead atoms. The van der Waals surface area contributed by atoms with Gasteiger partial charge in [0.05, 0.1) is 30.3 Å². The van der Waals surface area contributed by atoms with Gasteiger partial charge in [-0.3, -0.25) is 15.4 Å². The molecule has 3 N–H and O–H groups in total. The third kappa shape index (κ3) is 2.34. The molecule has 1 aliphatic rings. The Hall–Kier alpha value is -1.54. The molecule has 0 saturated carbocycles. The number of hydrogen-bond donors (Lipinski definition) is 3. The van der Waals surface area contributed by atoms with Crippen molar-refractivity contribution < 1.29 is 19.9 Å². The molecule has 18 heavy (non-hydrogen) atoms. The summed E-state index contributed by atoms with van der Waals surface area (Å²) in [4.78, 5) is 10.2. The van der Waals surface area contributed by atoms with Crippen molar-refractivity contribution >= 4 is 5.69 Å². The van der Waals surface area contributed by atoms with Crippen LogP contribution in [0.3, 0.4) is 0 Å². The molecule has 1 unspecified atom stereocenters. The summed E-state index contributed by atoms with van der Waals surface area (Å²) in [6, 6.07) is 6.05. The fourth-order valence-electron chi connectivity index (χ4n) is 1.82. The fraction of sp³-hybridized carbons (Fsp3) is 0.455. The predicted molar refractivity (Wildman–Crippen MR) is 61.8 cm³/mol. The number of ether oxygens (including phenoxy) is 1. The van der Waals surface area contributed by atoms with E-state index < -0.39 is 16.7 Å². The quantitative estimate of drug-likeness (QED) is 0.513. The predicted octanol–water partition coefficient (Wildman–Crippen LogP) is -0.0634. The largest absolute Gasteiger partial charge is 0.394 e. The van der Waals surface area contributed by atoms with Crippen LogP contribution in [0.4, 0.5) is 5.69 Å². The SMILES string of the molecule is O=[N+]([O-])c1cccc(C2NC(CO)(CO)CO2)c1. The highest BCUT2D eigenvalue weighted by atomic mass is 16.6. The van der Waals surface area contributed by atoms with Crippen molar-refractivity contribution in [2.45, 2.75) is 11.8 Å². The molecule has 1 aromatic rings. The zero-order chi connectivity index (χ0) is 13.2. The standard InChI is InChI=1S/C11H14N2O5/c14-5-11(6-15)7-18-10(12-11)8-2-1-3-9(4-8)13(16)17/h1-4,10,12,14-15H,5-7H2. The Labute approximate surface area is 103 Å². The average Bonchev–Trinajstić information content (AvgIpc) is 2.84. The summed E-state index contributed by atoms with van der Waals surface area (Å²) in [6.45, 7) is -0.392. The second-order valence-electron chi connectivity index (χ2n) is 4.28. The van der Waals surface area contributed by atoms with Crippen molar-refractivity contribution in [2.24, 2.45) is 0 Å². The highest BCUT2D eigenvalue weighted by Gasteiger charge is 2.39. The maximum atomic E-state index is 10.7. The molecule has 7 nitrogen and oxygen atoms in total. The molecule has 0 spiro atoms. The lowest BCUT2D eigenvalue weighted by atomic mass is 10.0. The number of nitro groups is 1. The minimum absolute atomic E-state index is 0.0246. The number of nitrogens with one attached hydrogen (secondary N) is 1. The molecule has 7 heteroatoms. The van der Waals surface area contributed by atoms with Crippen molar-refractivity contribution in [1.29, 1.82) is 0 Å². The van der Waals surface area contributed by atoms with Crippen LogP contribution < -0.4 is 5.32 Å². The molecule has 1 fully saturated rings. The van der Waals surface area contributed by atoms with Crippen molar-refractivity contribution in [3.05, 3.63) is 39.9 Å². The molecule has 1 saturated heterocycles. The lowest BCUT2D eigenvalue weighted by molar-refractivity contribution is -0.385. The Morgan fingerprint density at radius 2 is 2.22 bits per heavy atom. The molecule has 0 aliphatic carbocycles. The van der Waals surface area contributed by atoms with E-state index in [2.05, 4.69) is 5.32 Å². The molecular formula is C11H14N2O5. The van der Waals surface area contributed by atoms with Crippen LogP contribution in [-0.4, -0.2) is 40.5 Å². The number of rotatable bonds is 4. The Balaban J connectivity index is 2.19. The van der Waals surface area contributed by atoms with E-state index in [1.165, 1.54) is 12.1 Å². The van der Waals surface area contributed by atoms with Crippen LogP contribution in [0.15, 0.2) is 24.3 Å². The molecule has 0 radical (unpaired) electrons. The lowest BCUT2D eigenvalue weighted by Gasteiger charge is -2.23. The van der Waals surface area contributed by atoms with Gasteiger partial charge in [-0.1, -0.05) is 12.1 Å². The first-order chi connectivity index (χ1) is 8.60. The first-order valence-electron chi connectivity index (χ1n) is 5.45. The lowest BCUT2D eigenvalue weighted by Crippen LogP contribution is -2.49. The summed E-state index contributed by atoms with van der Waals surface area (Å²) in [6.07, 6.45) is -0.566. The zero-order valence-electron chi connectivity index (χ0n) is 9.57. The van der Waals surface area contributed by atoms with Crippen molar-refractivity contribution in [3.63, 3.8) is 0 Å². The number of nitro benzene ring substituents is 1. The molecule has 98 valence electrons. The monoisotopic (exact) mass is 254 g/mol. The maximum Gasteiger partial charge on any atom is 0.269 e. The van der Waals surface area contributed by atoms with Gasteiger partial charge < -0.3 is 14.9 Å². The topological polar surface area (TPSA) is 105 Å². The van der Waals surface area contributed by atoms with Crippen molar-refractivity contribution in [3.8, 4) is 0 Å². The van der Waals surface area contributed by atoms with Gasteiger partial charge in [0.2, 0.25) is 0 Å². The van der Waals surface area contributed by atoms with Gasteiger partial charge in [-0.05, 0) is 0 Å². The van der Waals surface area contributed by atoms with Gasteiger partial charge >= 0.3 is 0 Å². The number of non-ortho nitro benzene ring substituents is 1. The van der Waals surface area contributed by atoms with E-state index in [1.807, 2.05) is 0 Å². The van der Waals surface area contributed by atoms with Gasteiger partial charge in [0.15, 0.2) is 0 Å². The van der Waals surface area contributed by atoms with E-state index in [-0.39, 0.29) is 25.5 Å². The first-order valence-corrected chi connectivity index (χ1v) is 5.45. The Morgan fingerprint density at radius 1 is 1.50 bits per heavy atom. The summed E-state index contributed by atoms with van der Waals surface area (Å²) < 4.78 is 5.42. The first kappa shape index (κ1) is 12.9. The summed E-state index contributed by atoms with van der Waals surface area (Å²) in [5.74, 6) is 0. The van der Waals surface area contributed by atoms with Gasteiger partial charge in [-0.25, -0.2) is 0 Å². The number of hydrogen-bond acceptors (Lipinski definition) is 6. The van der Waals surface area contributed by atoms with E-state index in [0.717, 1.165) is 0 Å². The van der Waals surface area contributed by atoms with Crippen LogP contribution in [-0.2, 0) is 4.74 Å². The van der Waals surface area contributed by atoms with Gasteiger partial charge in [0.25, 0.3) is 5.69 Å². The van der Waals surface area contributed by atoms with Gasteiger partial charge in [-0.2, -0.15) is 0 Å². The molecule has 0 amide bonds. The number of nitrogens with zero attached hydrogens (tertiary/aromatic N) is 1. The third-order valence-electron chi connectivity index (χ3n) is 2.95. The van der Waals surface area contributed by atoms with Crippen LogP contribution in [0, 0.1) is 10.1 Å². The second kappa shape index (κ2) is 4.99.